The van der Waals surface area contributed by atoms with Gasteiger partial charge in [-0.15, -0.1) is 0 Å². The average molecular weight is 432 g/mol. The van der Waals surface area contributed by atoms with Crippen LogP contribution in [0.5, 0.6) is 0 Å². The SMILES string of the molecule is CCOP(=O)(OCC)C(F)C[C@H]1O[C@@H]2OC(C)(C)O[C@@H]2[C@@H]1OCc1ccccc1. The second kappa shape index (κ2) is 9.52. The zero-order valence-corrected chi connectivity index (χ0v) is 18.2. The van der Waals surface area contributed by atoms with Gasteiger partial charge in [0.05, 0.1) is 25.9 Å². The molecule has 2 heterocycles. The molecule has 2 saturated heterocycles. The van der Waals surface area contributed by atoms with E-state index in [1.807, 2.05) is 30.3 Å². The van der Waals surface area contributed by atoms with Gasteiger partial charge in [-0.05, 0) is 33.3 Å². The van der Waals surface area contributed by atoms with Crippen molar-refractivity contribution in [1.29, 1.82) is 0 Å². The van der Waals surface area contributed by atoms with E-state index in [0.717, 1.165) is 5.56 Å². The topological polar surface area (TPSA) is 72.5 Å². The summed E-state index contributed by atoms with van der Waals surface area (Å²) in [4.78, 5) is 0. The van der Waals surface area contributed by atoms with Crippen LogP contribution >= 0.6 is 7.60 Å². The second-order valence-corrected chi connectivity index (χ2v) is 9.61. The van der Waals surface area contributed by atoms with E-state index in [1.54, 1.807) is 27.7 Å². The standard InChI is InChI=1S/C20H30FO7P/c1-5-24-29(22,25-6-2)16(21)12-15-17(23-13-14-10-8-7-9-11-14)18-19(26-15)28-20(3,4)27-18/h7-11,15-19H,5-6,12-13H2,1-4H3/t15-,16?,17-,18-,19-/m1/s1. The Morgan fingerprint density at radius 3 is 2.41 bits per heavy atom. The Hall–Kier alpha value is -0.860. The molecule has 2 fully saturated rings. The van der Waals surface area contributed by atoms with Crippen LogP contribution in [0.1, 0.15) is 39.7 Å². The van der Waals surface area contributed by atoms with Gasteiger partial charge in [-0.2, -0.15) is 0 Å². The lowest BCUT2D eigenvalue weighted by Crippen LogP contribution is -2.38. The van der Waals surface area contributed by atoms with E-state index in [2.05, 4.69) is 0 Å². The van der Waals surface area contributed by atoms with E-state index in [0.29, 0.717) is 6.61 Å². The molecule has 2 aliphatic rings. The van der Waals surface area contributed by atoms with Crippen LogP contribution in [0, 0.1) is 0 Å². The first kappa shape index (κ1) is 22.8. The smallest absolute Gasteiger partial charge is 0.364 e. The van der Waals surface area contributed by atoms with Crippen molar-refractivity contribution in [3.63, 3.8) is 0 Å². The Labute approximate surface area is 171 Å². The summed E-state index contributed by atoms with van der Waals surface area (Å²) in [6.07, 6.45) is -2.70. The van der Waals surface area contributed by atoms with E-state index in [4.69, 9.17) is 28.0 Å². The van der Waals surface area contributed by atoms with Gasteiger partial charge in [0.15, 0.2) is 12.1 Å². The van der Waals surface area contributed by atoms with Crippen molar-refractivity contribution < 1.29 is 37.0 Å². The molecule has 1 aromatic carbocycles. The lowest BCUT2D eigenvalue weighted by molar-refractivity contribution is -0.220. The predicted octanol–water partition coefficient (Wildman–Crippen LogP) is 4.40. The maximum absolute atomic E-state index is 15.0. The van der Waals surface area contributed by atoms with Crippen LogP contribution in [0.3, 0.4) is 0 Å². The molecule has 9 heteroatoms. The van der Waals surface area contributed by atoms with Gasteiger partial charge < -0.3 is 28.0 Å². The van der Waals surface area contributed by atoms with Crippen LogP contribution in [0.15, 0.2) is 30.3 Å². The molecule has 29 heavy (non-hydrogen) atoms. The number of fused-ring (bicyclic) bond motifs is 1. The van der Waals surface area contributed by atoms with Gasteiger partial charge in [0.2, 0.25) is 5.91 Å². The zero-order valence-electron chi connectivity index (χ0n) is 17.3. The second-order valence-electron chi connectivity index (χ2n) is 7.45. The molecule has 0 spiro atoms. The monoisotopic (exact) mass is 432 g/mol. The first-order valence-corrected chi connectivity index (χ1v) is 11.6. The number of rotatable bonds is 10. The highest BCUT2D eigenvalue weighted by Gasteiger charge is 2.56. The molecule has 164 valence electrons. The zero-order chi connectivity index (χ0) is 21.1. The first-order chi connectivity index (χ1) is 13.8. The first-order valence-electron chi connectivity index (χ1n) is 9.97. The van der Waals surface area contributed by atoms with Crippen molar-refractivity contribution in [2.24, 2.45) is 0 Å². The summed E-state index contributed by atoms with van der Waals surface area (Å²) in [5.41, 5.74) is 0.971. The van der Waals surface area contributed by atoms with Gasteiger partial charge in [-0.25, -0.2) is 4.39 Å². The molecule has 2 aliphatic heterocycles. The molecule has 1 aromatic rings. The molecule has 0 N–H and O–H groups in total. The molecule has 7 nitrogen and oxygen atoms in total. The number of ether oxygens (including phenoxy) is 4. The molecule has 0 saturated carbocycles. The highest BCUT2D eigenvalue weighted by atomic mass is 31.2. The molecule has 5 atom stereocenters. The van der Waals surface area contributed by atoms with E-state index in [9.17, 15) is 4.57 Å². The minimum atomic E-state index is -3.91. The number of alkyl halides is 1. The van der Waals surface area contributed by atoms with Crippen LogP contribution in [0.2, 0.25) is 0 Å². The molecule has 3 rings (SSSR count). The predicted molar refractivity (Wildman–Crippen MR) is 104 cm³/mol. The third-order valence-corrected chi connectivity index (χ3v) is 6.89. The average Bonchev–Trinajstić information content (AvgIpc) is 3.12. The van der Waals surface area contributed by atoms with Gasteiger partial charge in [0.25, 0.3) is 0 Å². The summed E-state index contributed by atoms with van der Waals surface area (Å²) in [6.45, 7) is 7.34. The Bertz CT molecular complexity index is 691. The Morgan fingerprint density at radius 2 is 1.79 bits per heavy atom. The maximum Gasteiger partial charge on any atom is 0.364 e. The third-order valence-electron chi connectivity index (χ3n) is 4.76. The number of hydrogen-bond donors (Lipinski definition) is 0. The number of benzene rings is 1. The lowest BCUT2D eigenvalue weighted by atomic mass is 10.1. The van der Waals surface area contributed by atoms with Gasteiger partial charge >= 0.3 is 7.60 Å². The Morgan fingerprint density at radius 1 is 1.14 bits per heavy atom. The van der Waals surface area contributed by atoms with E-state index in [-0.39, 0.29) is 19.6 Å². The van der Waals surface area contributed by atoms with E-state index < -0.39 is 43.9 Å². The minimum Gasteiger partial charge on any atom is -0.368 e. The molecule has 0 amide bonds. The van der Waals surface area contributed by atoms with E-state index >= 15 is 4.39 Å². The molecule has 0 radical (unpaired) electrons. The molecular weight excluding hydrogens is 402 g/mol. The normalized spacial score (nSPS) is 29.7. The molecule has 1 unspecified atom stereocenters. The number of halogens is 1. The fraction of sp³-hybridized carbons (Fsp3) is 0.700. The largest absolute Gasteiger partial charge is 0.368 e. The Kier molecular flexibility index (Phi) is 7.49. The molecule has 0 aliphatic carbocycles. The van der Waals surface area contributed by atoms with Crippen molar-refractivity contribution in [3.8, 4) is 0 Å². The summed E-state index contributed by atoms with van der Waals surface area (Å²) in [7, 11) is -3.91. The Balaban J connectivity index is 1.72. The van der Waals surface area contributed by atoms with E-state index in [1.165, 1.54) is 0 Å². The summed E-state index contributed by atoms with van der Waals surface area (Å²) >= 11 is 0. The minimum absolute atomic E-state index is 0.0861. The molecular formula is C20H30FO7P. The fourth-order valence-electron chi connectivity index (χ4n) is 3.58. The van der Waals surface area contributed by atoms with Crippen LogP contribution < -0.4 is 0 Å². The summed E-state index contributed by atoms with van der Waals surface area (Å²) in [6, 6.07) is 9.63. The van der Waals surface area contributed by atoms with Gasteiger partial charge in [-0.1, -0.05) is 30.3 Å². The van der Waals surface area contributed by atoms with Crippen LogP contribution in [-0.2, 0) is 39.2 Å². The highest BCUT2D eigenvalue weighted by Crippen LogP contribution is 2.56. The fourth-order valence-corrected chi connectivity index (χ4v) is 5.17. The highest BCUT2D eigenvalue weighted by molar-refractivity contribution is 7.54. The van der Waals surface area contributed by atoms with Gasteiger partial charge in [0, 0.05) is 6.42 Å². The molecule has 0 bridgehead atoms. The van der Waals surface area contributed by atoms with Gasteiger partial charge in [0.1, 0.15) is 12.2 Å². The third kappa shape index (κ3) is 5.44. The van der Waals surface area contributed by atoms with Crippen LogP contribution in [-0.4, -0.2) is 49.5 Å². The number of hydrogen-bond acceptors (Lipinski definition) is 7. The van der Waals surface area contributed by atoms with Crippen LogP contribution in [0.25, 0.3) is 0 Å². The van der Waals surface area contributed by atoms with Crippen molar-refractivity contribution in [2.75, 3.05) is 13.2 Å². The summed E-state index contributed by atoms with van der Waals surface area (Å²) < 4.78 is 61.7. The lowest BCUT2D eigenvalue weighted by Gasteiger charge is -2.28. The van der Waals surface area contributed by atoms with Crippen molar-refractivity contribution in [1.82, 2.24) is 0 Å². The maximum atomic E-state index is 15.0. The summed E-state index contributed by atoms with van der Waals surface area (Å²) in [5, 5.41) is 0. The quantitative estimate of drug-likeness (QED) is 0.508. The molecule has 0 aromatic heterocycles. The van der Waals surface area contributed by atoms with Crippen molar-refractivity contribution >= 4 is 7.60 Å². The summed E-state index contributed by atoms with van der Waals surface area (Å²) in [5.74, 6) is -2.67. The van der Waals surface area contributed by atoms with Gasteiger partial charge in [-0.3, -0.25) is 4.57 Å². The van der Waals surface area contributed by atoms with Crippen molar-refractivity contribution in [2.45, 2.75) is 77.0 Å². The van der Waals surface area contributed by atoms with Crippen LogP contribution in [0.4, 0.5) is 4.39 Å². The van der Waals surface area contributed by atoms with Crippen molar-refractivity contribution in [3.05, 3.63) is 35.9 Å².